The van der Waals surface area contributed by atoms with Crippen LogP contribution in [0.3, 0.4) is 0 Å². The van der Waals surface area contributed by atoms with Gasteiger partial charge in [-0.25, -0.2) is 0 Å². The lowest BCUT2D eigenvalue weighted by Gasteiger charge is -2.07. The highest BCUT2D eigenvalue weighted by molar-refractivity contribution is 8.14. The van der Waals surface area contributed by atoms with Gasteiger partial charge in [-0.15, -0.1) is 11.8 Å². The number of aliphatic hydroxyl groups excluding tert-OH is 1. The number of carbonyl (C=O) groups is 1. The lowest BCUT2D eigenvalue weighted by molar-refractivity contribution is -0.121. The van der Waals surface area contributed by atoms with Crippen LogP contribution < -0.4 is 5.32 Å². The Morgan fingerprint density at radius 1 is 1.38 bits per heavy atom. The third-order valence-electron chi connectivity index (χ3n) is 2.97. The molecule has 21 heavy (non-hydrogen) atoms. The Balaban J connectivity index is 1.73. The van der Waals surface area contributed by atoms with Crippen LogP contribution >= 0.6 is 23.5 Å². The topological polar surface area (TPSA) is 61.7 Å². The Kier molecular flexibility index (Phi) is 7.12. The summed E-state index contributed by atoms with van der Waals surface area (Å²) in [6.45, 7) is 0.891. The van der Waals surface area contributed by atoms with Gasteiger partial charge >= 0.3 is 0 Å². The number of aliphatic hydroxyl groups is 1. The fraction of sp³-hybridized carbons (Fsp3) is 0.467. The fourth-order valence-electron chi connectivity index (χ4n) is 1.88. The summed E-state index contributed by atoms with van der Waals surface area (Å²) in [6.07, 6.45) is 0.808. The number of amides is 1. The number of nitrogens with one attached hydrogen (secondary N) is 1. The van der Waals surface area contributed by atoms with Gasteiger partial charge in [-0.05, 0) is 12.2 Å². The number of carbonyl (C=O) groups excluding carboxylic acids is 1. The zero-order valence-electron chi connectivity index (χ0n) is 11.8. The van der Waals surface area contributed by atoms with Crippen LogP contribution in [0.1, 0.15) is 12.0 Å². The minimum absolute atomic E-state index is 0.0104. The maximum absolute atomic E-state index is 12.0. The molecule has 0 bridgehead atoms. The molecule has 1 aromatic rings. The third-order valence-corrected chi connectivity index (χ3v) is 5.13. The summed E-state index contributed by atoms with van der Waals surface area (Å²) in [5, 5.41) is 12.6. The summed E-state index contributed by atoms with van der Waals surface area (Å²) >= 11 is 3.38. The molecule has 1 amide bonds. The van der Waals surface area contributed by atoms with E-state index in [4.69, 9.17) is 5.11 Å². The number of nitrogens with zero attached hydrogens (tertiary/aromatic N) is 1. The van der Waals surface area contributed by atoms with Gasteiger partial charge in [0.25, 0.3) is 0 Å². The van der Waals surface area contributed by atoms with Crippen molar-refractivity contribution in [1.82, 2.24) is 5.32 Å². The predicted octanol–water partition coefficient (Wildman–Crippen LogP) is 1.78. The average molecular weight is 324 g/mol. The van der Waals surface area contributed by atoms with Crippen molar-refractivity contribution < 1.29 is 9.90 Å². The molecular formula is C15H20N2O2S2. The molecule has 1 aliphatic rings. The Morgan fingerprint density at radius 2 is 2.19 bits per heavy atom. The average Bonchev–Trinajstić information content (AvgIpc) is 3.01. The minimum atomic E-state index is -0.271. The van der Waals surface area contributed by atoms with Crippen LogP contribution in [0.15, 0.2) is 35.3 Å². The SMILES string of the molecule is O=C(NCCSCCCO)C1CSC(c2ccccc2)=N1. The van der Waals surface area contributed by atoms with E-state index < -0.39 is 0 Å². The number of hydrogen-bond donors (Lipinski definition) is 2. The second-order valence-corrected chi connectivity index (χ2v) is 6.84. The van der Waals surface area contributed by atoms with Crippen LogP contribution in [0.5, 0.6) is 0 Å². The van der Waals surface area contributed by atoms with E-state index in [1.165, 1.54) is 0 Å². The van der Waals surface area contributed by atoms with Crippen LogP contribution in [0.4, 0.5) is 0 Å². The van der Waals surface area contributed by atoms with E-state index in [2.05, 4.69) is 10.3 Å². The summed E-state index contributed by atoms with van der Waals surface area (Å²) < 4.78 is 0. The van der Waals surface area contributed by atoms with Gasteiger partial charge in [-0.3, -0.25) is 9.79 Å². The molecule has 4 nitrogen and oxygen atoms in total. The summed E-state index contributed by atoms with van der Waals surface area (Å²) in [7, 11) is 0. The Labute approximate surface area is 133 Å². The summed E-state index contributed by atoms with van der Waals surface area (Å²) in [5.41, 5.74) is 1.08. The molecule has 0 spiro atoms. The lowest BCUT2D eigenvalue weighted by atomic mass is 10.2. The maximum atomic E-state index is 12.0. The van der Waals surface area contributed by atoms with Crippen molar-refractivity contribution in [1.29, 1.82) is 0 Å². The van der Waals surface area contributed by atoms with E-state index in [1.807, 2.05) is 30.3 Å². The summed E-state index contributed by atoms with van der Waals surface area (Å²) in [4.78, 5) is 16.5. The van der Waals surface area contributed by atoms with Crippen molar-refractivity contribution in [2.45, 2.75) is 12.5 Å². The van der Waals surface area contributed by atoms with Crippen molar-refractivity contribution in [2.75, 3.05) is 30.4 Å². The highest BCUT2D eigenvalue weighted by Gasteiger charge is 2.25. The monoisotopic (exact) mass is 324 g/mol. The molecular weight excluding hydrogens is 304 g/mol. The summed E-state index contributed by atoms with van der Waals surface area (Å²) in [5.74, 6) is 2.53. The predicted molar refractivity (Wildman–Crippen MR) is 91.3 cm³/mol. The standard InChI is InChI=1S/C15H20N2O2S2/c18-8-4-9-20-10-7-16-14(19)13-11-21-15(17-13)12-5-2-1-3-6-12/h1-3,5-6,13,18H,4,7-11H2,(H,16,19). The molecule has 0 aliphatic carbocycles. The second kappa shape index (κ2) is 9.12. The molecule has 2 rings (SSSR count). The van der Waals surface area contributed by atoms with Crippen LogP contribution in [-0.2, 0) is 4.79 Å². The number of hydrogen-bond acceptors (Lipinski definition) is 5. The first-order chi connectivity index (χ1) is 10.3. The van der Waals surface area contributed by atoms with E-state index in [-0.39, 0.29) is 18.6 Å². The number of aliphatic imine (C=N–C) groups is 1. The van der Waals surface area contributed by atoms with Gasteiger partial charge in [-0.1, -0.05) is 30.3 Å². The number of thioether (sulfide) groups is 2. The summed E-state index contributed by atoms with van der Waals surface area (Å²) in [6, 6.07) is 9.70. The van der Waals surface area contributed by atoms with E-state index in [0.29, 0.717) is 12.3 Å². The van der Waals surface area contributed by atoms with Crippen molar-refractivity contribution >= 4 is 34.5 Å². The quantitative estimate of drug-likeness (QED) is 0.716. The number of rotatable bonds is 8. The van der Waals surface area contributed by atoms with Crippen molar-refractivity contribution in [3.05, 3.63) is 35.9 Å². The molecule has 2 N–H and O–H groups in total. The molecule has 0 radical (unpaired) electrons. The normalized spacial score (nSPS) is 17.6. The molecule has 0 saturated heterocycles. The Morgan fingerprint density at radius 3 is 2.95 bits per heavy atom. The van der Waals surface area contributed by atoms with Crippen molar-refractivity contribution in [3.8, 4) is 0 Å². The second-order valence-electron chi connectivity index (χ2n) is 4.61. The lowest BCUT2D eigenvalue weighted by Crippen LogP contribution is -2.35. The molecule has 0 aromatic heterocycles. The Bertz CT molecular complexity index is 480. The molecule has 114 valence electrons. The van der Waals surface area contributed by atoms with Gasteiger partial charge < -0.3 is 10.4 Å². The zero-order chi connectivity index (χ0) is 14.9. The molecule has 1 aromatic carbocycles. The van der Waals surface area contributed by atoms with Gasteiger partial charge in [0.15, 0.2) is 0 Å². The molecule has 1 atom stereocenters. The van der Waals surface area contributed by atoms with Gasteiger partial charge in [0.05, 0.1) is 5.04 Å². The first kappa shape index (κ1) is 16.4. The zero-order valence-corrected chi connectivity index (χ0v) is 13.5. The van der Waals surface area contributed by atoms with Gasteiger partial charge in [0, 0.05) is 30.2 Å². The van der Waals surface area contributed by atoms with Crippen LogP contribution in [0, 0.1) is 0 Å². The highest BCUT2D eigenvalue weighted by atomic mass is 32.2. The van der Waals surface area contributed by atoms with Crippen molar-refractivity contribution in [3.63, 3.8) is 0 Å². The third kappa shape index (κ3) is 5.37. The smallest absolute Gasteiger partial charge is 0.245 e. The van der Waals surface area contributed by atoms with Gasteiger partial charge in [0.1, 0.15) is 6.04 Å². The maximum Gasteiger partial charge on any atom is 0.245 e. The van der Waals surface area contributed by atoms with E-state index in [9.17, 15) is 4.79 Å². The molecule has 1 aliphatic heterocycles. The highest BCUT2D eigenvalue weighted by Crippen LogP contribution is 2.23. The fourth-order valence-corrected chi connectivity index (χ4v) is 3.71. The molecule has 1 heterocycles. The first-order valence-corrected chi connectivity index (χ1v) is 9.17. The van der Waals surface area contributed by atoms with Crippen molar-refractivity contribution in [2.24, 2.45) is 4.99 Å². The Hall–Kier alpha value is -0.980. The van der Waals surface area contributed by atoms with Gasteiger partial charge in [-0.2, -0.15) is 11.8 Å². The molecule has 6 heteroatoms. The van der Waals surface area contributed by atoms with Crippen LogP contribution in [-0.4, -0.2) is 52.5 Å². The van der Waals surface area contributed by atoms with Crippen LogP contribution in [0.25, 0.3) is 0 Å². The number of benzene rings is 1. The van der Waals surface area contributed by atoms with E-state index >= 15 is 0 Å². The molecule has 1 unspecified atom stereocenters. The van der Waals surface area contributed by atoms with E-state index in [0.717, 1.165) is 28.5 Å². The largest absolute Gasteiger partial charge is 0.396 e. The first-order valence-electron chi connectivity index (χ1n) is 7.03. The minimum Gasteiger partial charge on any atom is -0.396 e. The van der Waals surface area contributed by atoms with Crippen LogP contribution in [0.2, 0.25) is 0 Å². The molecule has 0 fully saturated rings. The molecule has 0 saturated carbocycles. The van der Waals surface area contributed by atoms with Gasteiger partial charge in [0.2, 0.25) is 5.91 Å². The van der Waals surface area contributed by atoms with E-state index in [1.54, 1.807) is 23.5 Å².